The third kappa shape index (κ3) is 2.47. The van der Waals surface area contributed by atoms with E-state index < -0.39 is 0 Å². The molecule has 0 bridgehead atoms. The Labute approximate surface area is 100 Å². The Morgan fingerprint density at radius 1 is 1.35 bits per heavy atom. The molecule has 1 atom stereocenters. The molecule has 0 saturated carbocycles. The fourth-order valence-corrected chi connectivity index (χ4v) is 1.71. The lowest BCUT2D eigenvalue weighted by atomic mass is 10.1. The lowest BCUT2D eigenvalue weighted by molar-refractivity contribution is 0.0210. The van der Waals surface area contributed by atoms with E-state index in [1.807, 2.05) is 32.0 Å². The summed E-state index contributed by atoms with van der Waals surface area (Å²) in [6, 6.07) is 5.65. The van der Waals surface area contributed by atoms with E-state index in [-0.39, 0.29) is 11.7 Å². The van der Waals surface area contributed by atoms with Gasteiger partial charge in [0.2, 0.25) is 0 Å². The molecule has 0 spiro atoms. The van der Waals surface area contributed by atoms with E-state index in [4.69, 9.17) is 18.9 Å². The minimum absolute atomic E-state index is 0.266. The van der Waals surface area contributed by atoms with Crippen molar-refractivity contribution in [2.75, 3.05) is 19.8 Å². The zero-order valence-electron chi connectivity index (χ0n) is 10.1. The Hall–Kier alpha value is -1.42. The maximum absolute atomic E-state index is 5.81. The van der Waals surface area contributed by atoms with Crippen LogP contribution in [0.3, 0.4) is 0 Å². The predicted molar refractivity (Wildman–Crippen MR) is 61.9 cm³/mol. The molecule has 1 aromatic rings. The molecular weight excluding hydrogens is 220 g/mol. The van der Waals surface area contributed by atoms with E-state index in [0.29, 0.717) is 13.2 Å². The third-order valence-corrected chi connectivity index (χ3v) is 2.71. The fraction of sp³-hybridized carbons (Fsp3) is 0.538. The van der Waals surface area contributed by atoms with Crippen LogP contribution in [0.15, 0.2) is 18.2 Å². The molecule has 2 aliphatic heterocycles. The first kappa shape index (κ1) is 10.7. The van der Waals surface area contributed by atoms with Crippen molar-refractivity contribution < 1.29 is 18.9 Å². The van der Waals surface area contributed by atoms with Crippen LogP contribution in [-0.4, -0.2) is 31.5 Å². The van der Waals surface area contributed by atoms with E-state index in [1.54, 1.807) is 0 Å². The van der Waals surface area contributed by atoms with Crippen molar-refractivity contribution in [3.63, 3.8) is 0 Å². The molecule has 0 N–H and O–H groups in total. The summed E-state index contributed by atoms with van der Waals surface area (Å²) >= 11 is 0. The monoisotopic (exact) mass is 236 g/mol. The second kappa shape index (κ2) is 3.81. The summed E-state index contributed by atoms with van der Waals surface area (Å²) in [5, 5.41) is 0. The topological polar surface area (TPSA) is 40.2 Å². The van der Waals surface area contributed by atoms with E-state index in [2.05, 4.69) is 0 Å². The summed E-state index contributed by atoms with van der Waals surface area (Å²) in [6.07, 6.45) is 0.266. The highest BCUT2D eigenvalue weighted by atomic mass is 16.6. The molecule has 92 valence electrons. The summed E-state index contributed by atoms with van der Waals surface area (Å²) in [4.78, 5) is 0. The summed E-state index contributed by atoms with van der Waals surface area (Å²) in [5.74, 6) is 2.32. The van der Waals surface area contributed by atoms with Crippen LogP contribution in [-0.2, 0) is 4.74 Å². The Bertz CT molecular complexity index is 423. The smallest absolute Gasteiger partial charge is 0.165 e. The van der Waals surface area contributed by atoms with Gasteiger partial charge in [-0.3, -0.25) is 0 Å². The number of hydrogen-bond donors (Lipinski definition) is 0. The van der Waals surface area contributed by atoms with Crippen LogP contribution >= 0.6 is 0 Å². The molecule has 1 saturated heterocycles. The maximum atomic E-state index is 5.81. The zero-order chi connectivity index (χ0) is 11.9. The zero-order valence-corrected chi connectivity index (χ0v) is 10.1. The van der Waals surface area contributed by atoms with E-state index in [1.165, 1.54) is 0 Å². The van der Waals surface area contributed by atoms with Crippen LogP contribution in [0.5, 0.6) is 17.2 Å². The van der Waals surface area contributed by atoms with Gasteiger partial charge in [0.05, 0.1) is 6.61 Å². The van der Waals surface area contributed by atoms with Crippen LogP contribution in [0.25, 0.3) is 0 Å². The summed E-state index contributed by atoms with van der Waals surface area (Å²) in [7, 11) is 0. The Balaban J connectivity index is 1.72. The molecule has 0 radical (unpaired) electrons. The van der Waals surface area contributed by atoms with Crippen LogP contribution in [0.4, 0.5) is 0 Å². The Morgan fingerprint density at radius 2 is 2.18 bits per heavy atom. The molecule has 3 rings (SSSR count). The molecular formula is C13H16O4. The average Bonchev–Trinajstić information content (AvgIpc) is 3.09. The van der Waals surface area contributed by atoms with Gasteiger partial charge in [0.1, 0.15) is 30.7 Å². The number of epoxide rings is 1. The summed E-state index contributed by atoms with van der Waals surface area (Å²) in [6.45, 7) is 5.97. The summed E-state index contributed by atoms with van der Waals surface area (Å²) in [5.41, 5.74) is -0.267. The van der Waals surface area contributed by atoms with E-state index >= 15 is 0 Å². The highest BCUT2D eigenvalue weighted by molar-refractivity contribution is 5.46. The van der Waals surface area contributed by atoms with Crippen molar-refractivity contribution in [3.05, 3.63) is 18.2 Å². The molecule has 0 unspecified atom stereocenters. The second-order valence-electron chi connectivity index (χ2n) is 5.03. The van der Waals surface area contributed by atoms with Crippen LogP contribution in [0, 0.1) is 0 Å². The van der Waals surface area contributed by atoms with E-state index in [0.717, 1.165) is 23.9 Å². The maximum Gasteiger partial charge on any atom is 0.165 e. The van der Waals surface area contributed by atoms with Crippen LogP contribution in [0.1, 0.15) is 13.8 Å². The molecule has 1 aromatic carbocycles. The number of rotatable bonds is 3. The van der Waals surface area contributed by atoms with Gasteiger partial charge in [0.15, 0.2) is 11.5 Å². The number of fused-ring (bicyclic) bond motifs is 1. The second-order valence-corrected chi connectivity index (χ2v) is 5.03. The largest absolute Gasteiger partial charge is 0.491 e. The molecule has 1 fully saturated rings. The minimum Gasteiger partial charge on any atom is -0.491 e. The molecule has 17 heavy (non-hydrogen) atoms. The molecule has 4 heteroatoms. The van der Waals surface area contributed by atoms with Crippen molar-refractivity contribution in [1.29, 1.82) is 0 Å². The van der Waals surface area contributed by atoms with Gasteiger partial charge in [-0.05, 0) is 26.0 Å². The van der Waals surface area contributed by atoms with Crippen LogP contribution in [0.2, 0.25) is 0 Å². The lowest BCUT2D eigenvalue weighted by Gasteiger charge is -2.32. The first-order chi connectivity index (χ1) is 8.12. The molecule has 0 aliphatic carbocycles. The molecule has 0 amide bonds. The Morgan fingerprint density at radius 3 is 2.94 bits per heavy atom. The number of ether oxygens (including phenoxy) is 4. The van der Waals surface area contributed by atoms with Crippen molar-refractivity contribution >= 4 is 0 Å². The van der Waals surface area contributed by atoms with Gasteiger partial charge in [-0.2, -0.15) is 0 Å². The molecule has 2 heterocycles. The predicted octanol–water partition coefficient (Wildman–Crippen LogP) is 2.01. The van der Waals surface area contributed by atoms with Gasteiger partial charge >= 0.3 is 0 Å². The average molecular weight is 236 g/mol. The van der Waals surface area contributed by atoms with Gasteiger partial charge in [0, 0.05) is 6.07 Å². The fourth-order valence-electron chi connectivity index (χ4n) is 1.71. The normalized spacial score (nSPS) is 24.2. The lowest BCUT2D eigenvalue weighted by Crippen LogP contribution is -2.38. The molecule has 2 aliphatic rings. The van der Waals surface area contributed by atoms with Gasteiger partial charge in [-0.15, -0.1) is 0 Å². The quantitative estimate of drug-likeness (QED) is 0.753. The van der Waals surface area contributed by atoms with Crippen molar-refractivity contribution in [3.8, 4) is 17.2 Å². The highest BCUT2D eigenvalue weighted by Gasteiger charge is 2.28. The summed E-state index contributed by atoms with van der Waals surface area (Å²) < 4.78 is 22.1. The number of benzene rings is 1. The van der Waals surface area contributed by atoms with Crippen molar-refractivity contribution in [1.82, 2.24) is 0 Å². The van der Waals surface area contributed by atoms with Crippen molar-refractivity contribution in [2.24, 2.45) is 0 Å². The third-order valence-electron chi connectivity index (χ3n) is 2.71. The van der Waals surface area contributed by atoms with Crippen molar-refractivity contribution in [2.45, 2.75) is 25.6 Å². The van der Waals surface area contributed by atoms with Gasteiger partial charge < -0.3 is 18.9 Å². The standard InChI is InChI=1S/C13H16O4/c1-13(2)8-16-12-5-9(3-4-11(12)17-13)14-6-10-7-15-10/h3-5,10H,6-8H2,1-2H3/t10-/m1/s1. The van der Waals surface area contributed by atoms with Gasteiger partial charge in [-0.1, -0.05) is 0 Å². The van der Waals surface area contributed by atoms with Gasteiger partial charge in [0.25, 0.3) is 0 Å². The molecule has 0 aromatic heterocycles. The highest BCUT2D eigenvalue weighted by Crippen LogP contribution is 2.37. The van der Waals surface area contributed by atoms with E-state index in [9.17, 15) is 0 Å². The Kier molecular flexibility index (Phi) is 2.40. The SMILES string of the molecule is CC1(C)COc2cc(OC[C@@H]3CO3)ccc2O1. The first-order valence-electron chi connectivity index (χ1n) is 5.83. The molecule has 4 nitrogen and oxygen atoms in total. The number of hydrogen-bond acceptors (Lipinski definition) is 4. The van der Waals surface area contributed by atoms with Gasteiger partial charge in [-0.25, -0.2) is 0 Å². The minimum atomic E-state index is -0.267. The van der Waals surface area contributed by atoms with Crippen LogP contribution < -0.4 is 14.2 Å². The first-order valence-corrected chi connectivity index (χ1v) is 5.83.